The Kier molecular flexibility index (Phi) is 5.78. The van der Waals surface area contributed by atoms with Crippen LogP contribution < -0.4 is 10.1 Å². The molecule has 0 atom stereocenters. The highest BCUT2D eigenvalue weighted by Gasteiger charge is 2.05. The first-order valence-electron chi connectivity index (χ1n) is 8.51. The molecule has 0 heterocycles. The molecule has 4 nitrogen and oxygen atoms in total. The molecule has 0 aromatic heterocycles. The van der Waals surface area contributed by atoms with Gasteiger partial charge in [0.15, 0.2) is 0 Å². The summed E-state index contributed by atoms with van der Waals surface area (Å²) >= 11 is 0. The molecule has 0 fully saturated rings. The fraction of sp³-hybridized carbons (Fsp3) is 0.0909. The zero-order chi connectivity index (χ0) is 18.2. The lowest BCUT2D eigenvalue weighted by atomic mass is 10.2. The maximum absolute atomic E-state index is 11.4. The number of hydrogen-bond donors (Lipinski definition) is 1. The maximum Gasteiger partial charge on any atom is 0.310 e. The van der Waals surface area contributed by atoms with Gasteiger partial charge in [0, 0.05) is 17.7 Å². The third-order valence-electron chi connectivity index (χ3n) is 3.68. The zero-order valence-corrected chi connectivity index (χ0v) is 14.6. The standard InChI is InChI=1S/C22H20N2O2/c1-2-21(25)26-20-15-13-19(14-16-20)24-22(17-9-5-3-6-10-17)23-18-11-7-4-8-12-18/h3-16H,2H2,1H3,(H,23,24). The Labute approximate surface area is 153 Å². The number of rotatable bonds is 5. The predicted octanol–water partition coefficient (Wildman–Crippen LogP) is 5.19. The van der Waals surface area contributed by atoms with Gasteiger partial charge in [-0.2, -0.15) is 0 Å². The van der Waals surface area contributed by atoms with Gasteiger partial charge < -0.3 is 10.1 Å². The summed E-state index contributed by atoms with van der Waals surface area (Å²) < 4.78 is 5.20. The number of amidine groups is 1. The molecule has 0 amide bonds. The molecule has 4 heteroatoms. The first kappa shape index (κ1) is 17.4. The van der Waals surface area contributed by atoms with E-state index in [0.717, 1.165) is 22.8 Å². The molecule has 0 spiro atoms. The van der Waals surface area contributed by atoms with Crippen LogP contribution in [0.2, 0.25) is 0 Å². The van der Waals surface area contributed by atoms with E-state index in [1.54, 1.807) is 19.1 Å². The van der Waals surface area contributed by atoms with Crippen LogP contribution in [0.5, 0.6) is 5.75 Å². The number of para-hydroxylation sites is 1. The van der Waals surface area contributed by atoms with Crippen molar-refractivity contribution in [2.75, 3.05) is 5.32 Å². The van der Waals surface area contributed by atoms with Crippen LogP contribution >= 0.6 is 0 Å². The zero-order valence-electron chi connectivity index (χ0n) is 14.6. The van der Waals surface area contributed by atoms with Gasteiger partial charge >= 0.3 is 5.97 Å². The second kappa shape index (κ2) is 8.62. The van der Waals surface area contributed by atoms with Crippen molar-refractivity contribution in [3.63, 3.8) is 0 Å². The molecule has 3 rings (SSSR count). The van der Waals surface area contributed by atoms with Gasteiger partial charge in [-0.1, -0.05) is 55.5 Å². The molecule has 0 aliphatic heterocycles. The second-order valence-electron chi connectivity index (χ2n) is 5.64. The lowest BCUT2D eigenvalue weighted by Crippen LogP contribution is -2.13. The number of nitrogens with one attached hydrogen (secondary N) is 1. The highest BCUT2D eigenvalue weighted by Crippen LogP contribution is 2.20. The molecule has 1 N–H and O–H groups in total. The molecule has 3 aromatic carbocycles. The van der Waals surface area contributed by atoms with Gasteiger partial charge in [0.1, 0.15) is 11.6 Å². The number of aliphatic imine (C=N–C) groups is 1. The average molecular weight is 344 g/mol. The van der Waals surface area contributed by atoms with E-state index in [0.29, 0.717) is 12.2 Å². The third kappa shape index (κ3) is 4.80. The SMILES string of the molecule is CCC(=O)Oc1ccc(N=C(Nc2ccccc2)c2ccccc2)cc1. The number of benzene rings is 3. The molecule has 0 unspecified atom stereocenters. The smallest absolute Gasteiger partial charge is 0.310 e. The van der Waals surface area contributed by atoms with Gasteiger partial charge in [-0.3, -0.25) is 4.79 Å². The van der Waals surface area contributed by atoms with Crippen molar-refractivity contribution in [3.8, 4) is 5.75 Å². The Morgan fingerprint density at radius 2 is 1.50 bits per heavy atom. The van der Waals surface area contributed by atoms with Crippen LogP contribution in [0, 0.1) is 0 Å². The summed E-state index contributed by atoms with van der Waals surface area (Å²) in [5.74, 6) is 1.01. The van der Waals surface area contributed by atoms with Gasteiger partial charge in [0.05, 0.1) is 5.69 Å². The van der Waals surface area contributed by atoms with Gasteiger partial charge in [0.2, 0.25) is 0 Å². The van der Waals surface area contributed by atoms with E-state index in [1.165, 1.54) is 0 Å². The highest BCUT2D eigenvalue weighted by atomic mass is 16.5. The fourth-order valence-corrected chi connectivity index (χ4v) is 2.34. The van der Waals surface area contributed by atoms with Crippen molar-refractivity contribution < 1.29 is 9.53 Å². The lowest BCUT2D eigenvalue weighted by Gasteiger charge is -2.11. The van der Waals surface area contributed by atoms with E-state index in [2.05, 4.69) is 5.32 Å². The van der Waals surface area contributed by atoms with Crippen LogP contribution in [0.1, 0.15) is 18.9 Å². The largest absolute Gasteiger partial charge is 0.427 e. The normalized spacial score (nSPS) is 11.0. The Morgan fingerprint density at radius 1 is 0.885 bits per heavy atom. The lowest BCUT2D eigenvalue weighted by molar-refractivity contribution is -0.134. The topological polar surface area (TPSA) is 50.7 Å². The fourth-order valence-electron chi connectivity index (χ4n) is 2.34. The molecule has 0 aliphatic carbocycles. The first-order valence-corrected chi connectivity index (χ1v) is 8.51. The van der Waals surface area contributed by atoms with Gasteiger partial charge in [-0.05, 0) is 36.4 Å². The van der Waals surface area contributed by atoms with Crippen molar-refractivity contribution in [1.29, 1.82) is 0 Å². The number of esters is 1. The Balaban J connectivity index is 1.87. The summed E-state index contributed by atoms with van der Waals surface area (Å²) in [7, 11) is 0. The van der Waals surface area contributed by atoms with Crippen LogP contribution in [-0.2, 0) is 4.79 Å². The number of anilines is 1. The molecule has 130 valence electrons. The third-order valence-corrected chi connectivity index (χ3v) is 3.68. The number of nitrogens with zero attached hydrogens (tertiary/aromatic N) is 1. The second-order valence-corrected chi connectivity index (χ2v) is 5.64. The molecule has 0 radical (unpaired) electrons. The summed E-state index contributed by atoms with van der Waals surface area (Å²) in [6.07, 6.45) is 0.346. The van der Waals surface area contributed by atoms with Crippen molar-refractivity contribution in [2.45, 2.75) is 13.3 Å². The van der Waals surface area contributed by atoms with Crippen molar-refractivity contribution in [1.82, 2.24) is 0 Å². The number of carbonyl (C=O) groups excluding carboxylic acids is 1. The highest BCUT2D eigenvalue weighted by molar-refractivity contribution is 6.09. The molecule has 26 heavy (non-hydrogen) atoms. The van der Waals surface area contributed by atoms with Crippen molar-refractivity contribution >= 4 is 23.2 Å². The Morgan fingerprint density at radius 3 is 2.12 bits per heavy atom. The molecular weight excluding hydrogens is 324 g/mol. The number of ether oxygens (including phenoxy) is 1. The van der Waals surface area contributed by atoms with E-state index >= 15 is 0 Å². The molecule has 3 aromatic rings. The number of carbonyl (C=O) groups is 1. The summed E-state index contributed by atoms with van der Waals surface area (Å²) in [6.45, 7) is 1.77. The molecule has 0 saturated heterocycles. The number of hydrogen-bond acceptors (Lipinski definition) is 3. The van der Waals surface area contributed by atoms with Gasteiger partial charge in [-0.25, -0.2) is 4.99 Å². The summed E-state index contributed by atoms with van der Waals surface area (Å²) in [4.78, 5) is 16.1. The summed E-state index contributed by atoms with van der Waals surface area (Å²) in [5.41, 5.74) is 2.71. The van der Waals surface area contributed by atoms with Crippen LogP contribution in [-0.4, -0.2) is 11.8 Å². The summed E-state index contributed by atoms with van der Waals surface area (Å²) in [5, 5.41) is 3.36. The van der Waals surface area contributed by atoms with Crippen molar-refractivity contribution in [3.05, 3.63) is 90.5 Å². The minimum absolute atomic E-state index is 0.253. The predicted molar refractivity (Wildman–Crippen MR) is 105 cm³/mol. The van der Waals surface area contributed by atoms with Crippen molar-refractivity contribution in [2.24, 2.45) is 4.99 Å². The molecule has 0 aliphatic rings. The van der Waals surface area contributed by atoms with Gasteiger partial charge in [-0.15, -0.1) is 0 Å². The monoisotopic (exact) mass is 344 g/mol. The average Bonchev–Trinajstić information content (AvgIpc) is 2.70. The van der Waals surface area contributed by atoms with E-state index in [-0.39, 0.29) is 5.97 Å². The van der Waals surface area contributed by atoms with Crippen LogP contribution in [0.25, 0.3) is 0 Å². The van der Waals surface area contributed by atoms with E-state index in [9.17, 15) is 4.79 Å². The van der Waals surface area contributed by atoms with Crippen LogP contribution in [0.15, 0.2) is 89.9 Å². The molecule has 0 saturated carbocycles. The van der Waals surface area contributed by atoms with Crippen LogP contribution in [0.3, 0.4) is 0 Å². The van der Waals surface area contributed by atoms with E-state index in [4.69, 9.17) is 9.73 Å². The Hall–Kier alpha value is -3.40. The van der Waals surface area contributed by atoms with Crippen LogP contribution in [0.4, 0.5) is 11.4 Å². The van der Waals surface area contributed by atoms with Gasteiger partial charge in [0.25, 0.3) is 0 Å². The summed E-state index contributed by atoms with van der Waals surface area (Å²) in [6, 6.07) is 27.0. The van der Waals surface area contributed by atoms with E-state index < -0.39 is 0 Å². The molecule has 0 bridgehead atoms. The minimum Gasteiger partial charge on any atom is -0.427 e. The Bertz CT molecular complexity index is 873. The maximum atomic E-state index is 11.4. The van der Waals surface area contributed by atoms with E-state index in [1.807, 2.05) is 72.8 Å². The quantitative estimate of drug-likeness (QED) is 0.300. The molecular formula is C22H20N2O2. The first-order chi connectivity index (χ1) is 12.7. The minimum atomic E-state index is -0.253.